The summed E-state index contributed by atoms with van der Waals surface area (Å²) in [6, 6.07) is 17.4. The van der Waals surface area contributed by atoms with Crippen molar-refractivity contribution in [2.75, 3.05) is 13.6 Å². The molecule has 0 unspecified atom stereocenters. The van der Waals surface area contributed by atoms with Gasteiger partial charge in [0.1, 0.15) is 5.76 Å². The van der Waals surface area contributed by atoms with Crippen molar-refractivity contribution in [1.82, 2.24) is 14.8 Å². The molecule has 0 radical (unpaired) electrons. The number of hydrogen-bond acceptors (Lipinski definition) is 5. The lowest BCUT2D eigenvalue weighted by molar-refractivity contribution is -0.122. The number of likely N-dealkylation sites (N-methyl/N-ethyl adjacent to an activating group) is 1. The minimum absolute atomic E-state index is 0.380. The molecule has 1 aliphatic heterocycles. The Kier molecular flexibility index (Phi) is 5.76. The molecule has 0 spiro atoms. The largest absolute Gasteiger partial charge is 0.468 e. The Morgan fingerprint density at radius 3 is 2.61 bits per heavy atom. The fourth-order valence-electron chi connectivity index (χ4n) is 4.82. The minimum atomic E-state index is -0.385. The molecule has 0 saturated heterocycles. The number of benzene rings is 2. The number of para-hydroxylation sites is 1. The Morgan fingerprint density at radius 2 is 1.81 bits per heavy atom. The monoisotopic (exact) mass is 515 g/mol. The second kappa shape index (κ2) is 9.09. The molecular weight excluding hydrogens is 494 g/mol. The van der Waals surface area contributed by atoms with E-state index in [0.29, 0.717) is 29.3 Å². The lowest BCUT2D eigenvalue weighted by Gasteiger charge is -2.16. The van der Waals surface area contributed by atoms with Crippen LogP contribution in [0.1, 0.15) is 16.9 Å². The maximum atomic E-state index is 13.2. The maximum Gasteiger partial charge on any atom is 0.259 e. The molecule has 1 N–H and O–H groups in total. The summed E-state index contributed by atoms with van der Waals surface area (Å²) in [5.74, 6) is 0.147. The second-order valence-electron chi connectivity index (χ2n) is 8.89. The zero-order valence-electron chi connectivity index (χ0n) is 19.5. The van der Waals surface area contributed by atoms with E-state index in [1.54, 1.807) is 6.26 Å². The number of hydrogen-bond donors (Lipinski definition) is 1. The topological polar surface area (TPSA) is 67.5 Å². The molecule has 6 rings (SSSR count). The lowest BCUT2D eigenvalue weighted by Crippen LogP contribution is -2.23. The van der Waals surface area contributed by atoms with E-state index in [1.807, 2.05) is 73.2 Å². The average molecular weight is 516 g/mol. The quantitative estimate of drug-likeness (QED) is 0.278. The molecular formula is C28H22ClN3O3S. The van der Waals surface area contributed by atoms with Gasteiger partial charge in [0.25, 0.3) is 11.8 Å². The number of thiophene rings is 1. The van der Waals surface area contributed by atoms with Crippen LogP contribution in [0.15, 0.2) is 76.9 Å². The minimum Gasteiger partial charge on any atom is -0.468 e. The Morgan fingerprint density at radius 1 is 1.00 bits per heavy atom. The zero-order valence-corrected chi connectivity index (χ0v) is 21.0. The number of fused-ring (bicyclic) bond motifs is 2. The van der Waals surface area contributed by atoms with Crippen LogP contribution >= 0.6 is 22.9 Å². The fourth-order valence-corrected chi connectivity index (χ4v) is 5.93. The summed E-state index contributed by atoms with van der Waals surface area (Å²) < 4.78 is 8.62. The number of nitrogens with one attached hydrogen (secondary N) is 1. The van der Waals surface area contributed by atoms with Gasteiger partial charge in [0.15, 0.2) is 0 Å². The lowest BCUT2D eigenvalue weighted by atomic mass is 9.95. The van der Waals surface area contributed by atoms with Crippen molar-refractivity contribution >= 4 is 66.9 Å². The van der Waals surface area contributed by atoms with E-state index in [2.05, 4.69) is 14.8 Å². The van der Waals surface area contributed by atoms with Gasteiger partial charge < -0.3 is 8.98 Å². The number of nitrogens with zero attached hydrogens (tertiary/aromatic N) is 2. The highest BCUT2D eigenvalue weighted by Gasteiger charge is 2.35. The summed E-state index contributed by atoms with van der Waals surface area (Å²) in [4.78, 5) is 28.4. The third-order valence-electron chi connectivity index (χ3n) is 6.52. The van der Waals surface area contributed by atoms with Crippen LogP contribution in [-0.4, -0.2) is 34.9 Å². The Balaban J connectivity index is 1.43. The Labute approximate surface area is 216 Å². The van der Waals surface area contributed by atoms with E-state index < -0.39 is 0 Å². The van der Waals surface area contributed by atoms with E-state index >= 15 is 0 Å². The number of halogens is 1. The van der Waals surface area contributed by atoms with E-state index in [0.717, 1.165) is 44.4 Å². The molecule has 36 heavy (non-hydrogen) atoms. The van der Waals surface area contributed by atoms with Crippen molar-refractivity contribution in [3.8, 4) is 0 Å². The summed E-state index contributed by atoms with van der Waals surface area (Å²) in [6.07, 6.45) is 3.67. The van der Waals surface area contributed by atoms with Crippen LogP contribution in [0.3, 0.4) is 0 Å². The molecule has 6 nitrogen and oxygen atoms in total. The number of furan rings is 1. The molecule has 1 aliphatic rings. The predicted octanol–water partition coefficient (Wildman–Crippen LogP) is 5.80. The van der Waals surface area contributed by atoms with Gasteiger partial charge in [-0.15, -0.1) is 11.3 Å². The van der Waals surface area contributed by atoms with Gasteiger partial charge in [-0.2, -0.15) is 0 Å². The van der Waals surface area contributed by atoms with E-state index in [4.69, 9.17) is 16.0 Å². The molecule has 4 heterocycles. The number of amides is 2. The van der Waals surface area contributed by atoms with Crippen LogP contribution in [0.5, 0.6) is 0 Å². The highest BCUT2D eigenvalue weighted by molar-refractivity contribution is 7.17. The number of carbonyl (C=O) groups is 2. The second-order valence-corrected chi connectivity index (χ2v) is 10.2. The van der Waals surface area contributed by atoms with Crippen molar-refractivity contribution in [1.29, 1.82) is 0 Å². The van der Waals surface area contributed by atoms with Crippen molar-refractivity contribution in [3.63, 3.8) is 0 Å². The summed E-state index contributed by atoms with van der Waals surface area (Å²) in [5, 5.41) is 6.84. The van der Waals surface area contributed by atoms with Crippen molar-refractivity contribution in [3.05, 3.63) is 94.3 Å². The van der Waals surface area contributed by atoms with E-state index in [1.165, 1.54) is 11.3 Å². The van der Waals surface area contributed by atoms with Crippen LogP contribution in [0.25, 0.3) is 32.1 Å². The first-order valence-corrected chi connectivity index (χ1v) is 12.8. The van der Waals surface area contributed by atoms with Gasteiger partial charge in [0, 0.05) is 61.8 Å². The summed E-state index contributed by atoms with van der Waals surface area (Å²) in [7, 11) is 2.05. The SMILES string of the molecule is CN(CCn1cc(C2=C(c3csc4ccc(Cl)cc34)C(=O)NC2=O)c2ccccc21)Cc1ccco1. The van der Waals surface area contributed by atoms with Crippen molar-refractivity contribution < 1.29 is 14.0 Å². The van der Waals surface area contributed by atoms with Crippen LogP contribution in [0.2, 0.25) is 5.02 Å². The summed E-state index contributed by atoms with van der Waals surface area (Å²) >= 11 is 7.80. The first kappa shape index (κ1) is 22.8. The average Bonchev–Trinajstić information content (AvgIpc) is 3.64. The molecule has 180 valence electrons. The summed E-state index contributed by atoms with van der Waals surface area (Å²) in [5.41, 5.74) is 3.28. The van der Waals surface area contributed by atoms with Crippen molar-refractivity contribution in [2.24, 2.45) is 0 Å². The molecule has 0 aliphatic carbocycles. The van der Waals surface area contributed by atoms with Crippen LogP contribution < -0.4 is 5.32 Å². The predicted molar refractivity (Wildman–Crippen MR) is 144 cm³/mol. The smallest absolute Gasteiger partial charge is 0.259 e. The molecule has 5 aromatic rings. The highest BCUT2D eigenvalue weighted by Crippen LogP contribution is 2.40. The first-order valence-electron chi connectivity index (χ1n) is 11.6. The molecule has 0 atom stereocenters. The molecule has 0 fully saturated rings. The molecule has 8 heteroatoms. The number of rotatable bonds is 7. The number of imide groups is 1. The first-order chi connectivity index (χ1) is 17.5. The van der Waals surface area contributed by atoms with Gasteiger partial charge in [0.05, 0.1) is 24.0 Å². The number of carbonyl (C=O) groups excluding carboxylic acids is 2. The number of aromatic nitrogens is 1. The molecule has 0 bridgehead atoms. The third-order valence-corrected chi connectivity index (χ3v) is 7.72. The van der Waals surface area contributed by atoms with Crippen LogP contribution in [0.4, 0.5) is 0 Å². The van der Waals surface area contributed by atoms with Crippen LogP contribution in [0, 0.1) is 0 Å². The van der Waals surface area contributed by atoms with Gasteiger partial charge in [0.2, 0.25) is 0 Å². The zero-order chi connectivity index (χ0) is 24.8. The molecule has 3 aromatic heterocycles. The molecule has 2 aromatic carbocycles. The van der Waals surface area contributed by atoms with E-state index in [9.17, 15) is 9.59 Å². The van der Waals surface area contributed by atoms with Gasteiger partial charge in [-0.1, -0.05) is 29.8 Å². The van der Waals surface area contributed by atoms with Gasteiger partial charge in [-0.05, 0) is 43.4 Å². The standard InChI is InChI=1S/C28H22ClN3O3S/c1-31(14-18-5-4-12-35-18)10-11-32-15-21(19-6-2-3-7-23(19)32)25-26(28(34)30-27(25)33)22-16-36-24-9-8-17(29)13-20(22)24/h2-9,12-13,15-16H,10-11,14H2,1H3,(H,30,33,34). The normalized spacial score (nSPS) is 14.1. The maximum absolute atomic E-state index is 13.2. The Hall–Kier alpha value is -3.65. The van der Waals surface area contributed by atoms with Gasteiger partial charge in [-0.25, -0.2) is 0 Å². The van der Waals surface area contributed by atoms with Crippen LogP contribution in [-0.2, 0) is 22.7 Å². The highest BCUT2D eigenvalue weighted by atomic mass is 35.5. The van der Waals surface area contributed by atoms with Crippen molar-refractivity contribution in [2.45, 2.75) is 13.1 Å². The molecule has 0 saturated carbocycles. The molecule has 2 amide bonds. The summed E-state index contributed by atoms with van der Waals surface area (Å²) in [6.45, 7) is 2.20. The van der Waals surface area contributed by atoms with E-state index in [-0.39, 0.29) is 11.8 Å². The third kappa shape index (κ3) is 3.95. The van der Waals surface area contributed by atoms with Gasteiger partial charge in [-0.3, -0.25) is 19.8 Å². The Bertz CT molecular complexity index is 1660. The van der Waals surface area contributed by atoms with Gasteiger partial charge >= 0.3 is 0 Å². The fraction of sp³-hybridized carbons (Fsp3) is 0.143.